The maximum absolute atomic E-state index is 11.8. The van der Waals surface area contributed by atoms with Crippen molar-refractivity contribution in [3.05, 3.63) is 59.1 Å². The highest BCUT2D eigenvalue weighted by Crippen LogP contribution is 2.22. The number of carbonyl (C=O) groups excluding carboxylic acids is 1. The van der Waals surface area contributed by atoms with E-state index in [1.165, 1.54) is 0 Å². The molecule has 0 aromatic heterocycles. The molecule has 22 heavy (non-hydrogen) atoms. The fourth-order valence-corrected chi connectivity index (χ4v) is 2.56. The second-order valence-electron chi connectivity index (χ2n) is 4.60. The van der Waals surface area contributed by atoms with Crippen LogP contribution in [0.3, 0.4) is 0 Å². The van der Waals surface area contributed by atoms with Gasteiger partial charge in [-0.1, -0.05) is 29.8 Å². The lowest BCUT2D eigenvalue weighted by Crippen LogP contribution is -2.32. The van der Waals surface area contributed by atoms with Gasteiger partial charge in [-0.15, -0.1) is 11.8 Å². The molecule has 0 saturated heterocycles. The van der Waals surface area contributed by atoms with Gasteiger partial charge in [0.2, 0.25) is 0 Å². The molecule has 2 rings (SSSR count). The van der Waals surface area contributed by atoms with Crippen molar-refractivity contribution in [2.75, 3.05) is 18.1 Å². The van der Waals surface area contributed by atoms with Crippen LogP contribution in [0.5, 0.6) is 0 Å². The van der Waals surface area contributed by atoms with Crippen LogP contribution in [-0.4, -0.2) is 23.9 Å². The Morgan fingerprint density at radius 3 is 2.55 bits per heavy atom. The molecule has 0 radical (unpaired) electrons. The fourth-order valence-electron chi connectivity index (χ4n) is 1.89. The van der Waals surface area contributed by atoms with Gasteiger partial charge in [-0.3, -0.25) is 0 Å². The van der Waals surface area contributed by atoms with E-state index >= 15 is 0 Å². The molecular formula is C16H17ClN2O2S. The van der Waals surface area contributed by atoms with Gasteiger partial charge >= 0.3 is 6.03 Å². The molecule has 1 atom stereocenters. The van der Waals surface area contributed by atoms with E-state index in [-0.39, 0.29) is 12.6 Å². The van der Waals surface area contributed by atoms with E-state index in [2.05, 4.69) is 10.6 Å². The topological polar surface area (TPSA) is 61.4 Å². The van der Waals surface area contributed by atoms with E-state index in [4.69, 9.17) is 11.6 Å². The largest absolute Gasteiger partial charge is 0.387 e. The molecule has 1 unspecified atom stereocenters. The van der Waals surface area contributed by atoms with E-state index in [1.54, 1.807) is 36.0 Å². The van der Waals surface area contributed by atoms with Crippen LogP contribution < -0.4 is 10.6 Å². The van der Waals surface area contributed by atoms with E-state index in [1.807, 2.05) is 30.5 Å². The summed E-state index contributed by atoms with van der Waals surface area (Å²) in [6, 6.07) is 14.2. The zero-order valence-corrected chi connectivity index (χ0v) is 13.6. The van der Waals surface area contributed by atoms with Gasteiger partial charge in [-0.05, 0) is 36.6 Å². The lowest BCUT2D eigenvalue weighted by Gasteiger charge is -2.14. The molecule has 0 bridgehead atoms. The maximum Gasteiger partial charge on any atom is 0.319 e. The first-order valence-electron chi connectivity index (χ1n) is 6.71. The Morgan fingerprint density at radius 2 is 1.91 bits per heavy atom. The SMILES string of the molecule is CSc1ccc(NC(=O)NCC(O)c2ccccc2Cl)cc1. The Kier molecular flexibility index (Phi) is 6.12. The van der Waals surface area contributed by atoms with Crippen molar-refractivity contribution in [3.8, 4) is 0 Å². The summed E-state index contributed by atoms with van der Waals surface area (Å²) >= 11 is 7.64. The number of anilines is 1. The second-order valence-corrected chi connectivity index (χ2v) is 5.89. The number of hydrogen-bond acceptors (Lipinski definition) is 3. The lowest BCUT2D eigenvalue weighted by atomic mass is 10.1. The van der Waals surface area contributed by atoms with Crippen molar-refractivity contribution >= 4 is 35.1 Å². The van der Waals surface area contributed by atoms with Crippen LogP contribution in [0.15, 0.2) is 53.4 Å². The number of benzene rings is 2. The van der Waals surface area contributed by atoms with Crippen LogP contribution in [0.25, 0.3) is 0 Å². The van der Waals surface area contributed by atoms with E-state index in [0.717, 1.165) is 4.90 Å². The zero-order valence-electron chi connectivity index (χ0n) is 12.0. The molecule has 2 aromatic rings. The predicted molar refractivity (Wildman–Crippen MR) is 91.7 cm³/mol. The Balaban J connectivity index is 1.85. The van der Waals surface area contributed by atoms with Crippen molar-refractivity contribution in [1.29, 1.82) is 0 Å². The summed E-state index contributed by atoms with van der Waals surface area (Å²) in [5.41, 5.74) is 1.29. The van der Waals surface area contributed by atoms with Crippen molar-refractivity contribution in [2.24, 2.45) is 0 Å². The minimum atomic E-state index is -0.849. The summed E-state index contributed by atoms with van der Waals surface area (Å²) in [4.78, 5) is 12.9. The summed E-state index contributed by atoms with van der Waals surface area (Å²) in [7, 11) is 0. The Labute approximate surface area is 138 Å². The number of nitrogens with one attached hydrogen (secondary N) is 2. The van der Waals surface area contributed by atoms with Crippen molar-refractivity contribution in [1.82, 2.24) is 5.32 Å². The molecule has 0 aliphatic heterocycles. The van der Waals surface area contributed by atoms with Crippen LogP contribution in [0.2, 0.25) is 5.02 Å². The molecular weight excluding hydrogens is 320 g/mol. The van der Waals surface area contributed by atoms with Gasteiger partial charge in [0.25, 0.3) is 0 Å². The fraction of sp³-hybridized carbons (Fsp3) is 0.188. The van der Waals surface area contributed by atoms with Crippen molar-refractivity contribution in [3.63, 3.8) is 0 Å². The molecule has 2 amide bonds. The minimum absolute atomic E-state index is 0.0818. The summed E-state index contributed by atoms with van der Waals surface area (Å²) in [5.74, 6) is 0. The first kappa shape index (κ1) is 16.7. The van der Waals surface area contributed by atoms with Crippen LogP contribution in [0.4, 0.5) is 10.5 Å². The van der Waals surface area contributed by atoms with Gasteiger partial charge in [-0.2, -0.15) is 0 Å². The van der Waals surface area contributed by atoms with Gasteiger partial charge in [-0.25, -0.2) is 4.79 Å². The molecule has 0 heterocycles. The lowest BCUT2D eigenvalue weighted by molar-refractivity contribution is 0.175. The average molecular weight is 337 g/mol. The number of carbonyl (C=O) groups is 1. The van der Waals surface area contributed by atoms with Gasteiger partial charge in [0.05, 0.1) is 6.10 Å². The molecule has 2 aromatic carbocycles. The highest BCUT2D eigenvalue weighted by Gasteiger charge is 2.12. The van der Waals surface area contributed by atoms with E-state index in [9.17, 15) is 9.90 Å². The third kappa shape index (κ3) is 4.66. The summed E-state index contributed by atoms with van der Waals surface area (Å²) in [6.45, 7) is 0.0818. The van der Waals surface area contributed by atoms with Crippen LogP contribution in [0, 0.1) is 0 Å². The number of amides is 2. The number of rotatable bonds is 5. The minimum Gasteiger partial charge on any atom is -0.387 e. The third-order valence-corrected chi connectivity index (χ3v) is 4.16. The molecule has 3 N–H and O–H groups in total. The first-order chi connectivity index (χ1) is 10.6. The second kappa shape index (κ2) is 8.08. The normalized spacial score (nSPS) is 11.8. The number of hydrogen-bond donors (Lipinski definition) is 3. The van der Waals surface area contributed by atoms with Crippen LogP contribution >= 0.6 is 23.4 Å². The standard InChI is InChI=1S/C16H17ClN2O2S/c1-22-12-8-6-11(7-9-12)19-16(21)18-10-15(20)13-4-2-3-5-14(13)17/h2-9,15,20H,10H2,1H3,(H2,18,19,21). The Hall–Kier alpha value is -1.69. The molecule has 0 aliphatic carbocycles. The van der Waals surface area contributed by atoms with Crippen LogP contribution in [-0.2, 0) is 0 Å². The summed E-state index contributed by atoms with van der Waals surface area (Å²) < 4.78 is 0. The smallest absolute Gasteiger partial charge is 0.319 e. The number of aliphatic hydroxyl groups is 1. The molecule has 0 saturated carbocycles. The van der Waals surface area contributed by atoms with Gasteiger partial charge < -0.3 is 15.7 Å². The highest BCUT2D eigenvalue weighted by molar-refractivity contribution is 7.98. The molecule has 6 heteroatoms. The van der Waals surface area contributed by atoms with E-state index in [0.29, 0.717) is 16.3 Å². The number of thioether (sulfide) groups is 1. The summed E-state index contributed by atoms with van der Waals surface area (Å²) in [5, 5.41) is 15.9. The first-order valence-corrected chi connectivity index (χ1v) is 8.32. The maximum atomic E-state index is 11.8. The third-order valence-electron chi connectivity index (χ3n) is 3.07. The predicted octanol–water partition coefficient (Wildman–Crippen LogP) is 3.92. The van der Waals surface area contributed by atoms with Gasteiger partial charge in [0.1, 0.15) is 0 Å². The zero-order chi connectivity index (χ0) is 15.9. The number of aliphatic hydroxyl groups excluding tert-OH is 1. The van der Waals surface area contributed by atoms with Crippen molar-refractivity contribution < 1.29 is 9.90 Å². The summed E-state index contributed by atoms with van der Waals surface area (Å²) in [6.07, 6.45) is 1.14. The molecule has 116 valence electrons. The Bertz CT molecular complexity index is 634. The Morgan fingerprint density at radius 1 is 1.23 bits per heavy atom. The number of halogens is 1. The average Bonchev–Trinajstić information content (AvgIpc) is 2.54. The van der Waals surface area contributed by atoms with Gasteiger partial charge in [0, 0.05) is 27.7 Å². The quantitative estimate of drug-likeness (QED) is 0.725. The molecule has 0 aliphatic rings. The molecule has 0 spiro atoms. The van der Waals surface area contributed by atoms with Crippen molar-refractivity contribution in [2.45, 2.75) is 11.0 Å². The molecule has 0 fully saturated rings. The van der Waals surface area contributed by atoms with Crippen LogP contribution in [0.1, 0.15) is 11.7 Å². The molecule has 4 nitrogen and oxygen atoms in total. The monoisotopic (exact) mass is 336 g/mol. The van der Waals surface area contributed by atoms with E-state index < -0.39 is 6.10 Å². The highest BCUT2D eigenvalue weighted by atomic mass is 35.5. The number of urea groups is 1. The van der Waals surface area contributed by atoms with Gasteiger partial charge in [0.15, 0.2) is 0 Å².